The molecular formula is C17H13ClN4S2. The number of thioether (sulfide) groups is 1. The molecule has 0 unspecified atom stereocenters. The Morgan fingerprint density at radius 1 is 1.17 bits per heavy atom. The number of hydrogen-bond donors (Lipinski definition) is 0. The molecule has 24 heavy (non-hydrogen) atoms. The standard InChI is InChI=1S/C17H13ClN4S2/c1-22-16(14-7-4-8-23-14)20-21-17(22)24-10-12-9-11-5-2-3-6-13(11)19-15(12)18/h2-9H,10H2,1H3. The summed E-state index contributed by atoms with van der Waals surface area (Å²) in [5.74, 6) is 1.59. The van der Waals surface area contributed by atoms with E-state index >= 15 is 0 Å². The Labute approximate surface area is 152 Å². The van der Waals surface area contributed by atoms with Crippen LogP contribution in [0.3, 0.4) is 0 Å². The summed E-state index contributed by atoms with van der Waals surface area (Å²) in [6.07, 6.45) is 0. The van der Waals surface area contributed by atoms with Gasteiger partial charge in [-0.2, -0.15) is 0 Å². The van der Waals surface area contributed by atoms with Crippen molar-refractivity contribution >= 4 is 45.6 Å². The van der Waals surface area contributed by atoms with Gasteiger partial charge < -0.3 is 4.57 Å². The van der Waals surface area contributed by atoms with Gasteiger partial charge in [-0.05, 0) is 23.6 Å². The normalized spacial score (nSPS) is 11.2. The summed E-state index contributed by atoms with van der Waals surface area (Å²) in [4.78, 5) is 5.58. The second kappa shape index (κ2) is 6.55. The molecule has 0 radical (unpaired) electrons. The Morgan fingerprint density at radius 3 is 2.88 bits per heavy atom. The minimum absolute atomic E-state index is 0.543. The van der Waals surface area contributed by atoms with Gasteiger partial charge in [0.1, 0.15) is 5.15 Å². The van der Waals surface area contributed by atoms with E-state index in [1.54, 1.807) is 23.1 Å². The lowest BCUT2D eigenvalue weighted by Gasteiger charge is -2.06. The maximum Gasteiger partial charge on any atom is 0.191 e. The van der Waals surface area contributed by atoms with E-state index in [1.165, 1.54) is 0 Å². The van der Waals surface area contributed by atoms with Gasteiger partial charge in [-0.15, -0.1) is 21.5 Å². The minimum Gasteiger partial charge on any atom is -0.304 e. The number of rotatable bonds is 4. The molecule has 0 aliphatic rings. The zero-order chi connectivity index (χ0) is 16.5. The average molecular weight is 373 g/mol. The highest BCUT2D eigenvalue weighted by atomic mass is 35.5. The van der Waals surface area contributed by atoms with Crippen LogP contribution in [0.4, 0.5) is 0 Å². The van der Waals surface area contributed by atoms with Crippen molar-refractivity contribution in [3.8, 4) is 10.7 Å². The molecule has 3 aromatic heterocycles. The summed E-state index contributed by atoms with van der Waals surface area (Å²) in [7, 11) is 1.98. The first-order valence-electron chi connectivity index (χ1n) is 7.32. The molecular weight excluding hydrogens is 360 g/mol. The van der Waals surface area contributed by atoms with Crippen molar-refractivity contribution in [1.82, 2.24) is 19.7 Å². The molecule has 4 nitrogen and oxygen atoms in total. The molecule has 0 aliphatic heterocycles. The van der Waals surface area contributed by atoms with Crippen LogP contribution in [-0.2, 0) is 12.8 Å². The molecule has 4 aromatic rings. The monoisotopic (exact) mass is 372 g/mol. The van der Waals surface area contributed by atoms with E-state index < -0.39 is 0 Å². The van der Waals surface area contributed by atoms with Crippen molar-refractivity contribution in [2.75, 3.05) is 0 Å². The summed E-state index contributed by atoms with van der Waals surface area (Å²) >= 11 is 9.60. The third-order valence-corrected chi connectivity index (χ3v) is 5.95. The van der Waals surface area contributed by atoms with Gasteiger partial charge in [0.05, 0.1) is 10.4 Å². The first-order chi connectivity index (χ1) is 11.7. The fourth-order valence-electron chi connectivity index (χ4n) is 2.44. The van der Waals surface area contributed by atoms with Crippen molar-refractivity contribution in [2.24, 2.45) is 7.05 Å². The van der Waals surface area contributed by atoms with Crippen LogP contribution in [0.1, 0.15) is 5.56 Å². The molecule has 0 N–H and O–H groups in total. The number of benzene rings is 1. The van der Waals surface area contributed by atoms with E-state index in [0.717, 1.165) is 32.3 Å². The highest BCUT2D eigenvalue weighted by Gasteiger charge is 2.13. The minimum atomic E-state index is 0.543. The maximum atomic E-state index is 6.33. The third-order valence-electron chi connectivity index (χ3n) is 3.68. The zero-order valence-electron chi connectivity index (χ0n) is 12.8. The molecule has 0 aliphatic carbocycles. The quantitative estimate of drug-likeness (QED) is 0.372. The summed E-state index contributed by atoms with van der Waals surface area (Å²) in [6.45, 7) is 0. The Hall–Kier alpha value is -1.89. The molecule has 0 spiro atoms. The van der Waals surface area contributed by atoms with E-state index in [4.69, 9.17) is 11.6 Å². The molecule has 0 saturated heterocycles. The maximum absolute atomic E-state index is 6.33. The van der Waals surface area contributed by atoms with Gasteiger partial charge >= 0.3 is 0 Å². The van der Waals surface area contributed by atoms with Gasteiger partial charge in [0, 0.05) is 23.8 Å². The number of aromatic nitrogens is 4. The molecule has 3 heterocycles. The second-order valence-electron chi connectivity index (χ2n) is 5.26. The smallest absolute Gasteiger partial charge is 0.191 e. The third kappa shape index (κ3) is 2.92. The molecule has 0 amide bonds. The summed E-state index contributed by atoms with van der Waals surface area (Å²) in [5.41, 5.74) is 1.91. The number of para-hydroxylation sites is 1. The van der Waals surface area contributed by atoms with Gasteiger partial charge in [-0.3, -0.25) is 0 Å². The first-order valence-corrected chi connectivity index (χ1v) is 9.57. The van der Waals surface area contributed by atoms with Gasteiger partial charge in [-0.1, -0.05) is 47.6 Å². The lowest BCUT2D eigenvalue weighted by atomic mass is 10.2. The van der Waals surface area contributed by atoms with E-state index in [9.17, 15) is 0 Å². The van der Waals surface area contributed by atoms with Crippen LogP contribution in [0.5, 0.6) is 0 Å². The fraction of sp³-hybridized carbons (Fsp3) is 0.118. The number of fused-ring (bicyclic) bond motifs is 1. The van der Waals surface area contributed by atoms with Crippen LogP contribution < -0.4 is 0 Å². The van der Waals surface area contributed by atoms with Crippen LogP contribution in [0.15, 0.2) is 53.0 Å². The van der Waals surface area contributed by atoms with Gasteiger partial charge in [0.2, 0.25) is 0 Å². The highest BCUT2D eigenvalue weighted by molar-refractivity contribution is 7.98. The van der Waals surface area contributed by atoms with Crippen LogP contribution in [0.25, 0.3) is 21.6 Å². The topological polar surface area (TPSA) is 43.6 Å². The molecule has 1 aromatic carbocycles. The predicted molar refractivity (Wildman–Crippen MR) is 101 cm³/mol. The number of halogens is 1. The second-order valence-corrected chi connectivity index (χ2v) is 7.51. The molecule has 7 heteroatoms. The molecule has 0 atom stereocenters. The van der Waals surface area contributed by atoms with E-state index in [2.05, 4.69) is 21.2 Å². The van der Waals surface area contributed by atoms with Crippen molar-refractivity contribution in [3.63, 3.8) is 0 Å². The SMILES string of the molecule is Cn1c(SCc2cc3ccccc3nc2Cl)nnc1-c1cccs1. The van der Waals surface area contributed by atoms with E-state index in [1.807, 2.05) is 53.4 Å². The summed E-state index contributed by atoms with van der Waals surface area (Å²) in [6, 6.07) is 14.1. The Balaban J connectivity index is 1.58. The lowest BCUT2D eigenvalue weighted by Crippen LogP contribution is -1.95. The Kier molecular flexibility index (Phi) is 4.26. The average Bonchev–Trinajstić information content (AvgIpc) is 3.23. The zero-order valence-corrected chi connectivity index (χ0v) is 15.2. The van der Waals surface area contributed by atoms with Crippen molar-refractivity contribution in [1.29, 1.82) is 0 Å². The van der Waals surface area contributed by atoms with E-state index in [-0.39, 0.29) is 0 Å². The van der Waals surface area contributed by atoms with Crippen LogP contribution in [0, 0.1) is 0 Å². The van der Waals surface area contributed by atoms with Crippen LogP contribution in [0.2, 0.25) is 5.15 Å². The highest BCUT2D eigenvalue weighted by Crippen LogP contribution is 2.30. The number of nitrogens with zero attached hydrogens (tertiary/aromatic N) is 4. The fourth-order valence-corrected chi connectivity index (χ4v) is 4.36. The summed E-state index contributed by atoms with van der Waals surface area (Å²) < 4.78 is 2.01. The summed E-state index contributed by atoms with van der Waals surface area (Å²) in [5, 5.41) is 13.1. The Bertz CT molecular complexity index is 995. The molecule has 0 bridgehead atoms. The number of pyridine rings is 1. The van der Waals surface area contributed by atoms with Crippen molar-refractivity contribution in [2.45, 2.75) is 10.9 Å². The van der Waals surface area contributed by atoms with Gasteiger partial charge in [0.15, 0.2) is 11.0 Å². The molecule has 120 valence electrons. The number of thiophene rings is 1. The predicted octanol–water partition coefficient (Wildman–Crippen LogP) is 5.04. The van der Waals surface area contributed by atoms with Crippen molar-refractivity contribution in [3.05, 3.63) is 58.6 Å². The largest absolute Gasteiger partial charge is 0.304 e. The lowest BCUT2D eigenvalue weighted by molar-refractivity contribution is 0.794. The molecule has 0 saturated carbocycles. The number of hydrogen-bond acceptors (Lipinski definition) is 5. The molecule has 4 rings (SSSR count). The van der Waals surface area contributed by atoms with Crippen LogP contribution >= 0.6 is 34.7 Å². The molecule has 0 fully saturated rings. The van der Waals surface area contributed by atoms with Crippen molar-refractivity contribution < 1.29 is 0 Å². The first kappa shape index (κ1) is 15.6. The van der Waals surface area contributed by atoms with Gasteiger partial charge in [-0.25, -0.2) is 4.98 Å². The Morgan fingerprint density at radius 2 is 2.04 bits per heavy atom. The van der Waals surface area contributed by atoms with Gasteiger partial charge in [0.25, 0.3) is 0 Å². The van der Waals surface area contributed by atoms with E-state index in [0.29, 0.717) is 10.9 Å². The van der Waals surface area contributed by atoms with Crippen LogP contribution in [-0.4, -0.2) is 19.7 Å².